The number of hydrogen-bond acceptors (Lipinski definition) is 3. The fourth-order valence-corrected chi connectivity index (χ4v) is 1.57. The first-order chi connectivity index (χ1) is 7.25. The summed E-state index contributed by atoms with van der Waals surface area (Å²) in [7, 11) is 2.02. The van der Waals surface area contributed by atoms with Crippen LogP contribution < -0.4 is 4.90 Å². The third-order valence-electron chi connectivity index (χ3n) is 2.16. The Labute approximate surface area is 96.9 Å². The Morgan fingerprint density at radius 1 is 1.40 bits per heavy atom. The minimum atomic E-state index is 0.819. The highest BCUT2D eigenvalue weighted by molar-refractivity contribution is 9.10. The summed E-state index contributed by atoms with van der Waals surface area (Å²) in [5.41, 5.74) is 2.24. The van der Waals surface area contributed by atoms with Gasteiger partial charge in [0.25, 0.3) is 0 Å². The second kappa shape index (κ2) is 4.49. The van der Waals surface area contributed by atoms with Crippen LogP contribution in [-0.4, -0.2) is 12.0 Å². The molecule has 0 aromatic carbocycles. The first-order valence-corrected chi connectivity index (χ1v) is 5.39. The van der Waals surface area contributed by atoms with Crippen LogP contribution in [0.3, 0.4) is 0 Å². The SMILES string of the molecule is CN(Cc1ccc(Br)nc1)c1ccoc1. The Balaban J connectivity index is 2.06. The lowest BCUT2D eigenvalue weighted by Crippen LogP contribution is -2.15. The summed E-state index contributed by atoms with van der Waals surface area (Å²) in [6.45, 7) is 0.819. The quantitative estimate of drug-likeness (QED) is 0.800. The van der Waals surface area contributed by atoms with Gasteiger partial charge in [-0.1, -0.05) is 6.07 Å². The van der Waals surface area contributed by atoms with Crippen LogP contribution in [0.1, 0.15) is 5.56 Å². The molecule has 4 heteroatoms. The van der Waals surface area contributed by atoms with E-state index in [2.05, 4.69) is 25.8 Å². The van der Waals surface area contributed by atoms with Crippen LogP contribution in [0.25, 0.3) is 0 Å². The average Bonchev–Trinajstić information content (AvgIpc) is 2.74. The van der Waals surface area contributed by atoms with Crippen molar-refractivity contribution in [1.82, 2.24) is 4.98 Å². The Bertz CT molecular complexity index is 411. The monoisotopic (exact) mass is 266 g/mol. The van der Waals surface area contributed by atoms with Crippen LogP contribution in [0.4, 0.5) is 5.69 Å². The molecule has 0 saturated heterocycles. The first kappa shape index (κ1) is 10.2. The lowest BCUT2D eigenvalue weighted by atomic mass is 10.2. The molecule has 0 spiro atoms. The summed E-state index contributed by atoms with van der Waals surface area (Å²) in [6, 6.07) is 5.93. The van der Waals surface area contributed by atoms with E-state index in [-0.39, 0.29) is 0 Å². The fourth-order valence-electron chi connectivity index (χ4n) is 1.34. The Morgan fingerprint density at radius 2 is 2.27 bits per heavy atom. The molecule has 0 saturated carbocycles. The van der Waals surface area contributed by atoms with Gasteiger partial charge >= 0.3 is 0 Å². The van der Waals surface area contributed by atoms with Crippen LogP contribution in [0.2, 0.25) is 0 Å². The molecule has 0 fully saturated rings. The van der Waals surface area contributed by atoms with Gasteiger partial charge < -0.3 is 9.32 Å². The molecule has 0 radical (unpaired) electrons. The van der Waals surface area contributed by atoms with Crippen molar-refractivity contribution >= 4 is 21.6 Å². The molecule has 2 rings (SSSR count). The zero-order chi connectivity index (χ0) is 10.7. The number of furan rings is 1. The summed E-state index contributed by atoms with van der Waals surface area (Å²) in [6.07, 6.45) is 5.26. The summed E-state index contributed by atoms with van der Waals surface area (Å²) in [5.74, 6) is 0. The highest BCUT2D eigenvalue weighted by Crippen LogP contribution is 2.15. The molecule has 0 atom stereocenters. The Hall–Kier alpha value is -1.29. The van der Waals surface area contributed by atoms with Crippen LogP contribution in [0, 0.1) is 0 Å². The number of pyridine rings is 1. The van der Waals surface area contributed by atoms with Crippen LogP contribution in [0.5, 0.6) is 0 Å². The van der Waals surface area contributed by atoms with E-state index < -0.39 is 0 Å². The topological polar surface area (TPSA) is 29.3 Å². The van der Waals surface area contributed by atoms with Crippen molar-refractivity contribution in [2.45, 2.75) is 6.54 Å². The largest absolute Gasteiger partial charge is 0.470 e. The van der Waals surface area contributed by atoms with Crippen molar-refractivity contribution < 1.29 is 4.42 Å². The molecule has 2 aromatic rings. The van der Waals surface area contributed by atoms with E-state index in [9.17, 15) is 0 Å². The van der Waals surface area contributed by atoms with Gasteiger partial charge in [-0.15, -0.1) is 0 Å². The van der Waals surface area contributed by atoms with E-state index in [1.807, 2.05) is 31.4 Å². The van der Waals surface area contributed by atoms with Gasteiger partial charge in [-0.05, 0) is 33.6 Å². The van der Waals surface area contributed by atoms with Gasteiger partial charge in [0.05, 0.1) is 12.0 Å². The number of aromatic nitrogens is 1. The van der Waals surface area contributed by atoms with Crippen molar-refractivity contribution in [1.29, 1.82) is 0 Å². The van der Waals surface area contributed by atoms with E-state index in [4.69, 9.17) is 4.42 Å². The lowest BCUT2D eigenvalue weighted by molar-refractivity contribution is 0.566. The molecule has 0 aliphatic heterocycles. The molecule has 78 valence electrons. The van der Waals surface area contributed by atoms with Crippen molar-refractivity contribution in [2.24, 2.45) is 0 Å². The van der Waals surface area contributed by atoms with E-state index in [1.165, 1.54) is 5.56 Å². The number of anilines is 1. The summed E-state index contributed by atoms with van der Waals surface area (Å²) in [4.78, 5) is 6.29. The molecule has 0 aliphatic carbocycles. The van der Waals surface area contributed by atoms with Crippen LogP contribution in [0.15, 0.2) is 45.9 Å². The summed E-state index contributed by atoms with van der Waals surface area (Å²) < 4.78 is 5.89. The summed E-state index contributed by atoms with van der Waals surface area (Å²) >= 11 is 3.31. The first-order valence-electron chi connectivity index (χ1n) is 4.59. The molecule has 3 nitrogen and oxygen atoms in total. The maximum atomic E-state index is 5.03. The molecule has 2 aromatic heterocycles. The maximum absolute atomic E-state index is 5.03. The van der Waals surface area contributed by atoms with Gasteiger partial charge in [0.1, 0.15) is 10.9 Å². The predicted octanol–water partition coefficient (Wildman–Crippen LogP) is 3.07. The van der Waals surface area contributed by atoms with Gasteiger partial charge in [0, 0.05) is 19.8 Å². The van der Waals surface area contributed by atoms with Crippen LogP contribution in [-0.2, 0) is 6.54 Å². The van der Waals surface area contributed by atoms with Crippen molar-refractivity contribution in [3.05, 3.63) is 47.1 Å². The minimum Gasteiger partial charge on any atom is -0.470 e. The van der Waals surface area contributed by atoms with E-state index in [1.54, 1.807) is 12.5 Å². The van der Waals surface area contributed by atoms with E-state index in [0.29, 0.717) is 0 Å². The molecule has 2 heterocycles. The minimum absolute atomic E-state index is 0.819. The second-order valence-corrected chi connectivity index (χ2v) is 4.14. The predicted molar refractivity (Wildman–Crippen MR) is 62.8 cm³/mol. The Kier molecular flexibility index (Phi) is 3.06. The molecule has 15 heavy (non-hydrogen) atoms. The highest BCUT2D eigenvalue weighted by atomic mass is 79.9. The van der Waals surface area contributed by atoms with E-state index >= 15 is 0 Å². The summed E-state index contributed by atoms with van der Waals surface area (Å²) in [5, 5.41) is 0. The van der Waals surface area contributed by atoms with Crippen molar-refractivity contribution in [3.8, 4) is 0 Å². The number of halogens is 1. The highest BCUT2D eigenvalue weighted by Gasteiger charge is 2.03. The van der Waals surface area contributed by atoms with Gasteiger partial charge in [0.15, 0.2) is 0 Å². The molecular weight excluding hydrogens is 256 g/mol. The molecule has 0 amide bonds. The third-order valence-corrected chi connectivity index (χ3v) is 2.62. The Morgan fingerprint density at radius 3 is 2.87 bits per heavy atom. The van der Waals surface area contributed by atoms with E-state index in [0.717, 1.165) is 16.8 Å². The van der Waals surface area contributed by atoms with Gasteiger partial charge in [-0.2, -0.15) is 0 Å². The van der Waals surface area contributed by atoms with Crippen molar-refractivity contribution in [2.75, 3.05) is 11.9 Å². The molecule has 0 unspecified atom stereocenters. The van der Waals surface area contributed by atoms with Gasteiger partial charge in [0.2, 0.25) is 0 Å². The second-order valence-electron chi connectivity index (χ2n) is 3.33. The smallest absolute Gasteiger partial charge is 0.114 e. The number of rotatable bonds is 3. The lowest BCUT2D eigenvalue weighted by Gasteiger charge is -2.16. The maximum Gasteiger partial charge on any atom is 0.114 e. The number of nitrogens with zero attached hydrogens (tertiary/aromatic N) is 2. The van der Waals surface area contributed by atoms with Gasteiger partial charge in [-0.25, -0.2) is 4.98 Å². The average molecular weight is 267 g/mol. The number of hydrogen-bond donors (Lipinski definition) is 0. The third kappa shape index (κ3) is 2.59. The standard InChI is InChI=1S/C11H11BrN2O/c1-14(10-4-5-15-8-10)7-9-2-3-11(12)13-6-9/h2-6,8H,7H2,1H3. The van der Waals surface area contributed by atoms with Crippen molar-refractivity contribution in [3.63, 3.8) is 0 Å². The zero-order valence-electron chi connectivity index (χ0n) is 8.35. The zero-order valence-corrected chi connectivity index (χ0v) is 9.94. The van der Waals surface area contributed by atoms with Crippen LogP contribution >= 0.6 is 15.9 Å². The molecule has 0 N–H and O–H groups in total. The molecule has 0 bridgehead atoms. The molecule has 0 aliphatic rings. The fraction of sp³-hybridized carbons (Fsp3) is 0.182. The normalized spacial score (nSPS) is 10.3. The molecular formula is C11H11BrN2O. The van der Waals surface area contributed by atoms with Gasteiger partial charge in [-0.3, -0.25) is 0 Å².